The van der Waals surface area contributed by atoms with Gasteiger partial charge in [0, 0.05) is 25.4 Å². The van der Waals surface area contributed by atoms with E-state index in [0.29, 0.717) is 5.92 Å². The Hall–Kier alpha value is -1.02. The quantitative estimate of drug-likeness (QED) is 0.839. The van der Waals surface area contributed by atoms with Crippen molar-refractivity contribution in [1.82, 2.24) is 0 Å². The van der Waals surface area contributed by atoms with Crippen LogP contribution in [0.5, 0.6) is 0 Å². The molecule has 2 rings (SSSR count). The van der Waals surface area contributed by atoms with Crippen LogP contribution in [0.3, 0.4) is 0 Å². The summed E-state index contributed by atoms with van der Waals surface area (Å²) in [6, 6.07) is 6.47. The lowest BCUT2D eigenvalue weighted by molar-refractivity contribution is 0.299. The Morgan fingerprint density at radius 1 is 1.38 bits per heavy atom. The van der Waals surface area contributed by atoms with E-state index in [1.54, 1.807) is 0 Å². The molecule has 0 atom stereocenters. The average Bonchev–Trinajstić information content (AvgIpc) is 2.63. The predicted octanol–water partition coefficient (Wildman–Crippen LogP) is 2.24. The third-order valence-corrected chi connectivity index (χ3v) is 3.19. The zero-order valence-corrected chi connectivity index (χ0v) is 10.2. The highest BCUT2D eigenvalue weighted by Gasteiger charge is 2.21. The van der Waals surface area contributed by atoms with Gasteiger partial charge in [0.1, 0.15) is 0 Å². The number of benzene rings is 1. The fourth-order valence-corrected chi connectivity index (χ4v) is 2.56. The smallest absolute Gasteiger partial charge is 0.0471 e. The molecular weight excluding hydrogens is 198 g/mol. The molecule has 1 heterocycles. The summed E-state index contributed by atoms with van der Waals surface area (Å²) in [5.74, 6) is 0.701. The van der Waals surface area contributed by atoms with Crippen molar-refractivity contribution in [2.45, 2.75) is 26.7 Å². The minimum atomic E-state index is 0.251. The first-order chi connectivity index (χ1) is 7.72. The molecule has 0 saturated carbocycles. The summed E-state index contributed by atoms with van der Waals surface area (Å²) in [6.07, 6.45) is 1.93. The molecule has 0 fully saturated rings. The van der Waals surface area contributed by atoms with Crippen LogP contribution in [0.25, 0.3) is 0 Å². The zero-order valence-electron chi connectivity index (χ0n) is 10.2. The summed E-state index contributed by atoms with van der Waals surface area (Å²) in [5.41, 5.74) is 4.17. The van der Waals surface area contributed by atoms with E-state index in [4.69, 9.17) is 5.11 Å². The Kier molecular flexibility index (Phi) is 3.49. The summed E-state index contributed by atoms with van der Waals surface area (Å²) in [4.78, 5) is 2.47. The van der Waals surface area contributed by atoms with Crippen molar-refractivity contribution in [2.75, 3.05) is 24.6 Å². The number of rotatable bonds is 4. The topological polar surface area (TPSA) is 23.5 Å². The van der Waals surface area contributed by atoms with Gasteiger partial charge in [-0.05, 0) is 36.0 Å². The molecule has 0 aliphatic carbocycles. The van der Waals surface area contributed by atoms with Gasteiger partial charge in [0.15, 0.2) is 0 Å². The molecule has 2 nitrogen and oxygen atoms in total. The van der Waals surface area contributed by atoms with Gasteiger partial charge in [0.25, 0.3) is 0 Å². The highest BCUT2D eigenvalue weighted by atomic mass is 16.2. The fourth-order valence-electron chi connectivity index (χ4n) is 2.56. The van der Waals surface area contributed by atoms with E-state index < -0.39 is 0 Å². The summed E-state index contributed by atoms with van der Waals surface area (Å²) < 4.78 is 0. The number of hydrogen-bond donors (Lipinski definition) is 1. The molecule has 16 heavy (non-hydrogen) atoms. The standard InChI is InChI=1S/C14H21NO/c1-11(2)10-15-8-6-13-12(7-9-16)4-3-5-14(13)15/h3-5,11,16H,6-10H2,1-2H3. The van der Waals surface area contributed by atoms with Crippen molar-refractivity contribution < 1.29 is 5.11 Å². The molecule has 1 N–H and O–H groups in total. The van der Waals surface area contributed by atoms with Crippen molar-refractivity contribution in [3.8, 4) is 0 Å². The molecule has 0 bridgehead atoms. The number of aliphatic hydroxyl groups is 1. The first kappa shape index (κ1) is 11.5. The van der Waals surface area contributed by atoms with Gasteiger partial charge >= 0.3 is 0 Å². The van der Waals surface area contributed by atoms with Crippen molar-refractivity contribution in [3.05, 3.63) is 29.3 Å². The lowest BCUT2D eigenvalue weighted by atomic mass is 10.0. The maximum atomic E-state index is 9.05. The molecular formula is C14H21NO. The van der Waals surface area contributed by atoms with Crippen LogP contribution in [-0.2, 0) is 12.8 Å². The highest BCUT2D eigenvalue weighted by Crippen LogP contribution is 2.31. The van der Waals surface area contributed by atoms with Crippen LogP contribution < -0.4 is 4.90 Å². The lowest BCUT2D eigenvalue weighted by Gasteiger charge is -2.21. The average molecular weight is 219 g/mol. The van der Waals surface area contributed by atoms with Crippen LogP contribution in [0.15, 0.2) is 18.2 Å². The summed E-state index contributed by atoms with van der Waals surface area (Å²) in [7, 11) is 0. The minimum Gasteiger partial charge on any atom is -0.396 e. The van der Waals surface area contributed by atoms with Gasteiger partial charge in [-0.1, -0.05) is 26.0 Å². The predicted molar refractivity (Wildman–Crippen MR) is 68.0 cm³/mol. The molecule has 0 aromatic heterocycles. The van der Waals surface area contributed by atoms with Crippen LogP contribution in [0.2, 0.25) is 0 Å². The van der Waals surface area contributed by atoms with E-state index in [9.17, 15) is 0 Å². The van der Waals surface area contributed by atoms with E-state index in [-0.39, 0.29) is 6.61 Å². The molecule has 0 amide bonds. The molecule has 1 aliphatic rings. The van der Waals surface area contributed by atoms with Crippen LogP contribution in [0.1, 0.15) is 25.0 Å². The summed E-state index contributed by atoms with van der Waals surface area (Å²) >= 11 is 0. The van der Waals surface area contributed by atoms with Crippen LogP contribution >= 0.6 is 0 Å². The number of nitrogens with zero attached hydrogens (tertiary/aromatic N) is 1. The molecule has 1 aromatic rings. The second-order valence-electron chi connectivity index (χ2n) is 4.98. The van der Waals surface area contributed by atoms with Gasteiger partial charge in [-0.25, -0.2) is 0 Å². The maximum Gasteiger partial charge on any atom is 0.0471 e. The molecule has 0 saturated heterocycles. The van der Waals surface area contributed by atoms with Gasteiger partial charge < -0.3 is 10.0 Å². The second kappa shape index (κ2) is 4.88. The van der Waals surface area contributed by atoms with Crippen molar-refractivity contribution in [1.29, 1.82) is 0 Å². The van der Waals surface area contributed by atoms with Crippen LogP contribution in [-0.4, -0.2) is 24.8 Å². The van der Waals surface area contributed by atoms with E-state index in [1.807, 2.05) is 0 Å². The van der Waals surface area contributed by atoms with E-state index in [0.717, 1.165) is 25.9 Å². The largest absolute Gasteiger partial charge is 0.396 e. The van der Waals surface area contributed by atoms with Gasteiger partial charge in [-0.2, -0.15) is 0 Å². The van der Waals surface area contributed by atoms with E-state index >= 15 is 0 Å². The zero-order chi connectivity index (χ0) is 11.5. The number of hydrogen-bond acceptors (Lipinski definition) is 2. The minimum absolute atomic E-state index is 0.251. The molecule has 0 unspecified atom stereocenters. The van der Waals surface area contributed by atoms with Gasteiger partial charge in [0.2, 0.25) is 0 Å². The Balaban J connectivity index is 2.23. The first-order valence-electron chi connectivity index (χ1n) is 6.19. The van der Waals surface area contributed by atoms with Crippen molar-refractivity contribution in [2.24, 2.45) is 5.92 Å². The monoisotopic (exact) mass is 219 g/mol. The molecule has 2 heteroatoms. The third kappa shape index (κ3) is 2.22. The van der Waals surface area contributed by atoms with Crippen molar-refractivity contribution >= 4 is 5.69 Å². The van der Waals surface area contributed by atoms with Crippen LogP contribution in [0, 0.1) is 5.92 Å². The molecule has 0 spiro atoms. The lowest BCUT2D eigenvalue weighted by Crippen LogP contribution is -2.25. The van der Waals surface area contributed by atoms with Gasteiger partial charge in [-0.3, -0.25) is 0 Å². The third-order valence-electron chi connectivity index (χ3n) is 3.19. The Bertz CT molecular complexity index is 360. The molecule has 88 valence electrons. The maximum absolute atomic E-state index is 9.05. The molecule has 1 aliphatic heterocycles. The summed E-state index contributed by atoms with van der Waals surface area (Å²) in [6.45, 7) is 7.04. The highest BCUT2D eigenvalue weighted by molar-refractivity contribution is 5.61. The SMILES string of the molecule is CC(C)CN1CCc2c(CCO)cccc21. The Labute approximate surface area is 97.9 Å². The van der Waals surface area contributed by atoms with Crippen molar-refractivity contribution in [3.63, 3.8) is 0 Å². The number of aliphatic hydroxyl groups excluding tert-OH is 1. The number of fused-ring (bicyclic) bond motifs is 1. The number of anilines is 1. The van der Waals surface area contributed by atoms with E-state index in [1.165, 1.54) is 16.8 Å². The molecule has 0 radical (unpaired) electrons. The van der Waals surface area contributed by atoms with Gasteiger partial charge in [-0.15, -0.1) is 0 Å². The van der Waals surface area contributed by atoms with Gasteiger partial charge in [0.05, 0.1) is 0 Å². The summed E-state index contributed by atoms with van der Waals surface area (Å²) in [5, 5.41) is 9.05. The second-order valence-corrected chi connectivity index (χ2v) is 4.98. The molecule has 1 aromatic carbocycles. The normalized spacial score (nSPS) is 14.6. The Morgan fingerprint density at radius 2 is 2.19 bits per heavy atom. The Morgan fingerprint density at radius 3 is 2.88 bits per heavy atom. The van der Waals surface area contributed by atoms with E-state index in [2.05, 4.69) is 36.9 Å². The first-order valence-corrected chi connectivity index (χ1v) is 6.19. The fraction of sp³-hybridized carbons (Fsp3) is 0.571. The van der Waals surface area contributed by atoms with Crippen LogP contribution in [0.4, 0.5) is 5.69 Å².